The van der Waals surface area contributed by atoms with Crippen molar-refractivity contribution in [2.45, 2.75) is 37.6 Å². The molecule has 2 aromatic carbocycles. The summed E-state index contributed by atoms with van der Waals surface area (Å²) in [4.78, 5) is 11.7. The number of benzene rings is 2. The summed E-state index contributed by atoms with van der Waals surface area (Å²) in [5, 5.41) is 0. The Morgan fingerprint density at radius 2 is 1.87 bits per heavy atom. The number of para-hydroxylation sites is 1. The zero-order valence-corrected chi connectivity index (χ0v) is 14.0. The van der Waals surface area contributed by atoms with Crippen molar-refractivity contribution in [3.8, 4) is 0 Å². The molecule has 1 aliphatic rings. The molecule has 0 spiro atoms. The number of fused-ring (bicyclic) bond motifs is 1. The van der Waals surface area contributed by atoms with Crippen LogP contribution >= 0.6 is 0 Å². The molecule has 0 fully saturated rings. The van der Waals surface area contributed by atoms with E-state index < -0.39 is 10.0 Å². The molecule has 23 heavy (non-hydrogen) atoms. The first-order valence-electron chi connectivity index (χ1n) is 7.64. The number of Topliss-reactive ketones (excluding diaryl/α,β-unsaturated/α-hetero) is 1. The third-order valence-electron chi connectivity index (χ3n) is 4.26. The Kier molecular flexibility index (Phi) is 3.98. The van der Waals surface area contributed by atoms with Gasteiger partial charge >= 0.3 is 0 Å². The second-order valence-corrected chi connectivity index (χ2v) is 7.72. The summed E-state index contributed by atoms with van der Waals surface area (Å²) < 4.78 is 27.8. The third-order valence-corrected chi connectivity index (χ3v) is 6.18. The first-order chi connectivity index (χ1) is 10.9. The molecule has 2 aromatic rings. The van der Waals surface area contributed by atoms with Crippen LogP contribution in [0.5, 0.6) is 0 Å². The van der Waals surface area contributed by atoms with Gasteiger partial charge in [0.2, 0.25) is 0 Å². The number of rotatable bonds is 3. The molecule has 1 aliphatic heterocycles. The molecular weight excluding hydrogens is 310 g/mol. The van der Waals surface area contributed by atoms with Crippen LogP contribution in [-0.4, -0.2) is 20.2 Å². The number of hydrogen-bond acceptors (Lipinski definition) is 3. The molecule has 5 heteroatoms. The lowest BCUT2D eigenvalue weighted by molar-refractivity contribution is 0.101. The standard InChI is InChI=1S/C18H19NO3S/c1-13-10-11-15-6-3-4-9-18(15)19(13)23(21,22)17-8-5-7-16(12-17)14(2)20/h3-9,12-13H,10-11H2,1-2H3. The van der Waals surface area contributed by atoms with Gasteiger partial charge in [-0.25, -0.2) is 8.42 Å². The summed E-state index contributed by atoms with van der Waals surface area (Å²) in [6, 6.07) is 13.7. The first-order valence-corrected chi connectivity index (χ1v) is 9.08. The van der Waals surface area contributed by atoms with Crippen LogP contribution in [-0.2, 0) is 16.4 Å². The highest BCUT2D eigenvalue weighted by atomic mass is 32.2. The summed E-state index contributed by atoms with van der Waals surface area (Å²) in [7, 11) is -3.70. The molecule has 1 heterocycles. The zero-order chi connectivity index (χ0) is 16.6. The van der Waals surface area contributed by atoms with Gasteiger partial charge in [-0.05, 0) is 50.5 Å². The lowest BCUT2D eigenvalue weighted by Crippen LogP contribution is -2.42. The smallest absolute Gasteiger partial charge is 0.264 e. The largest absolute Gasteiger partial charge is 0.295 e. The third kappa shape index (κ3) is 2.77. The van der Waals surface area contributed by atoms with E-state index in [1.165, 1.54) is 17.3 Å². The minimum atomic E-state index is -3.70. The van der Waals surface area contributed by atoms with Gasteiger partial charge in [0, 0.05) is 11.6 Å². The van der Waals surface area contributed by atoms with Gasteiger partial charge in [0.05, 0.1) is 10.6 Å². The Morgan fingerprint density at radius 1 is 1.13 bits per heavy atom. The van der Waals surface area contributed by atoms with Gasteiger partial charge in [0.25, 0.3) is 10.0 Å². The molecule has 0 saturated carbocycles. The number of carbonyl (C=O) groups is 1. The van der Waals surface area contributed by atoms with E-state index in [9.17, 15) is 13.2 Å². The van der Waals surface area contributed by atoms with E-state index in [1.807, 2.05) is 31.2 Å². The normalized spacial score (nSPS) is 17.7. The first kappa shape index (κ1) is 15.7. The highest BCUT2D eigenvalue weighted by Crippen LogP contribution is 2.35. The van der Waals surface area contributed by atoms with E-state index in [4.69, 9.17) is 0 Å². The van der Waals surface area contributed by atoms with Crippen molar-refractivity contribution < 1.29 is 13.2 Å². The van der Waals surface area contributed by atoms with Crippen LogP contribution in [0, 0.1) is 0 Å². The number of nitrogens with zero attached hydrogens (tertiary/aromatic N) is 1. The van der Waals surface area contributed by atoms with Crippen LogP contribution in [0.2, 0.25) is 0 Å². The Hall–Kier alpha value is -2.14. The number of anilines is 1. The Labute approximate surface area is 136 Å². The molecule has 0 amide bonds. The van der Waals surface area contributed by atoms with Crippen molar-refractivity contribution in [1.82, 2.24) is 0 Å². The number of hydrogen-bond donors (Lipinski definition) is 0. The second kappa shape index (κ2) is 5.81. The molecule has 1 atom stereocenters. The fourth-order valence-electron chi connectivity index (χ4n) is 3.01. The number of aryl methyl sites for hydroxylation is 1. The molecule has 0 aromatic heterocycles. The number of sulfonamides is 1. The van der Waals surface area contributed by atoms with Crippen molar-refractivity contribution in [2.24, 2.45) is 0 Å². The Balaban J connectivity index is 2.13. The van der Waals surface area contributed by atoms with Crippen molar-refractivity contribution in [1.29, 1.82) is 0 Å². The fourth-order valence-corrected chi connectivity index (χ4v) is 4.78. The molecule has 0 radical (unpaired) electrons. The maximum Gasteiger partial charge on any atom is 0.264 e. The van der Waals surface area contributed by atoms with Gasteiger partial charge in [-0.1, -0.05) is 30.3 Å². The van der Waals surface area contributed by atoms with Crippen LogP contribution in [0.3, 0.4) is 0 Å². The highest BCUT2D eigenvalue weighted by molar-refractivity contribution is 7.92. The molecule has 120 valence electrons. The van der Waals surface area contributed by atoms with Crippen molar-refractivity contribution in [3.05, 3.63) is 59.7 Å². The van der Waals surface area contributed by atoms with E-state index >= 15 is 0 Å². The van der Waals surface area contributed by atoms with E-state index in [1.54, 1.807) is 18.2 Å². The molecule has 0 aliphatic carbocycles. The van der Waals surface area contributed by atoms with Crippen LogP contribution in [0.15, 0.2) is 53.4 Å². The monoisotopic (exact) mass is 329 g/mol. The Bertz CT molecular complexity index is 858. The molecule has 3 rings (SSSR count). The van der Waals surface area contributed by atoms with Crippen LogP contribution in [0.4, 0.5) is 5.69 Å². The summed E-state index contributed by atoms with van der Waals surface area (Å²) >= 11 is 0. The second-order valence-electron chi connectivity index (χ2n) is 5.90. The Morgan fingerprint density at radius 3 is 2.61 bits per heavy atom. The molecular formula is C18H19NO3S. The fraction of sp³-hybridized carbons (Fsp3) is 0.278. The predicted octanol–water partition coefficient (Wildman–Crippen LogP) is 3.42. The summed E-state index contributed by atoms with van der Waals surface area (Å²) in [6.45, 7) is 3.35. The maximum absolute atomic E-state index is 13.1. The van der Waals surface area contributed by atoms with Gasteiger partial charge in [-0.15, -0.1) is 0 Å². The van der Waals surface area contributed by atoms with Crippen molar-refractivity contribution in [3.63, 3.8) is 0 Å². The SMILES string of the molecule is CC(=O)c1cccc(S(=O)(=O)N2c3ccccc3CCC2C)c1. The van der Waals surface area contributed by atoms with Crippen molar-refractivity contribution >= 4 is 21.5 Å². The van der Waals surface area contributed by atoms with Gasteiger partial charge < -0.3 is 0 Å². The van der Waals surface area contributed by atoms with E-state index in [0.29, 0.717) is 5.56 Å². The molecule has 4 nitrogen and oxygen atoms in total. The van der Waals surface area contributed by atoms with Gasteiger partial charge in [-0.3, -0.25) is 9.10 Å². The average molecular weight is 329 g/mol. The highest BCUT2D eigenvalue weighted by Gasteiger charge is 2.33. The average Bonchev–Trinajstić information content (AvgIpc) is 2.54. The molecule has 0 saturated heterocycles. The van der Waals surface area contributed by atoms with Gasteiger partial charge in [0.1, 0.15) is 0 Å². The predicted molar refractivity (Wildman–Crippen MR) is 90.3 cm³/mol. The molecule has 0 N–H and O–H groups in total. The summed E-state index contributed by atoms with van der Waals surface area (Å²) in [5.41, 5.74) is 2.18. The van der Waals surface area contributed by atoms with E-state index in [-0.39, 0.29) is 16.7 Å². The van der Waals surface area contributed by atoms with Crippen molar-refractivity contribution in [2.75, 3.05) is 4.31 Å². The minimum absolute atomic E-state index is 0.115. The number of carbonyl (C=O) groups excluding carboxylic acids is 1. The molecule has 1 unspecified atom stereocenters. The van der Waals surface area contributed by atoms with E-state index in [0.717, 1.165) is 24.1 Å². The van der Waals surface area contributed by atoms with Crippen LogP contribution in [0.1, 0.15) is 36.2 Å². The van der Waals surface area contributed by atoms with Gasteiger partial charge in [-0.2, -0.15) is 0 Å². The van der Waals surface area contributed by atoms with Crippen LogP contribution in [0.25, 0.3) is 0 Å². The van der Waals surface area contributed by atoms with Crippen LogP contribution < -0.4 is 4.31 Å². The minimum Gasteiger partial charge on any atom is -0.295 e. The zero-order valence-electron chi connectivity index (χ0n) is 13.2. The quantitative estimate of drug-likeness (QED) is 0.811. The molecule has 0 bridgehead atoms. The lowest BCUT2D eigenvalue weighted by Gasteiger charge is -2.36. The topological polar surface area (TPSA) is 54.5 Å². The van der Waals surface area contributed by atoms with E-state index in [2.05, 4.69) is 0 Å². The van der Waals surface area contributed by atoms with Gasteiger partial charge in [0.15, 0.2) is 5.78 Å². The summed E-state index contributed by atoms with van der Waals surface area (Å²) in [6.07, 6.45) is 1.65. The summed E-state index contributed by atoms with van der Waals surface area (Å²) in [5.74, 6) is -0.144. The lowest BCUT2D eigenvalue weighted by atomic mass is 9.99. The number of ketones is 1. The maximum atomic E-state index is 13.1.